The van der Waals surface area contributed by atoms with Crippen LogP contribution in [0.4, 0.5) is 0 Å². The Kier molecular flexibility index (Phi) is 5.41. The van der Waals surface area contributed by atoms with Crippen molar-refractivity contribution < 1.29 is 14.7 Å². The van der Waals surface area contributed by atoms with E-state index in [1.165, 1.54) is 6.92 Å². The van der Waals surface area contributed by atoms with Crippen molar-refractivity contribution in [2.75, 3.05) is 0 Å². The van der Waals surface area contributed by atoms with E-state index in [0.29, 0.717) is 0 Å². The van der Waals surface area contributed by atoms with E-state index in [1.54, 1.807) is 0 Å². The van der Waals surface area contributed by atoms with Gasteiger partial charge in [-0.3, -0.25) is 4.79 Å². The van der Waals surface area contributed by atoms with E-state index in [0.717, 1.165) is 0 Å². The highest BCUT2D eigenvalue weighted by Gasteiger charge is 1.88. The quantitative estimate of drug-likeness (QED) is 0.464. The van der Waals surface area contributed by atoms with Gasteiger partial charge in [-0.25, -0.2) is 0 Å². The van der Waals surface area contributed by atoms with E-state index in [4.69, 9.17) is 0 Å². The molecule has 0 aliphatic rings. The molecular formula is C4H8NO3-. The second-order valence-electron chi connectivity index (χ2n) is 1.25. The molecule has 0 saturated heterocycles. The molecule has 0 aromatic heterocycles. The first-order valence-corrected chi connectivity index (χ1v) is 1.82. The monoisotopic (exact) mass is 118 g/mol. The van der Waals surface area contributed by atoms with Crippen LogP contribution in [0, 0.1) is 0 Å². The third-order valence-electron chi connectivity index (χ3n) is 0.393. The number of ketones is 1. The van der Waals surface area contributed by atoms with Gasteiger partial charge in [0, 0.05) is 12.4 Å². The number of carbonyl (C=O) groups excluding carboxylic acids is 2. The zero-order valence-corrected chi connectivity index (χ0v) is 4.64. The first kappa shape index (κ1) is 10.2. The molecule has 0 atom stereocenters. The summed E-state index contributed by atoms with van der Waals surface area (Å²) in [5, 5.41) is 9.48. The Morgan fingerprint density at radius 3 is 1.88 bits per heavy atom. The molecule has 4 heteroatoms. The Balaban J connectivity index is 0. The number of carboxylic acids is 1. The lowest BCUT2D eigenvalue weighted by atomic mass is 10.3. The fourth-order valence-electron chi connectivity index (χ4n) is 0.203. The lowest BCUT2D eigenvalue weighted by Gasteiger charge is -1.92. The van der Waals surface area contributed by atoms with Crippen LogP contribution in [0.5, 0.6) is 0 Å². The minimum atomic E-state index is -1.31. The normalized spacial score (nSPS) is 7.12. The fourth-order valence-corrected chi connectivity index (χ4v) is 0.203. The molecule has 0 aliphatic carbocycles. The van der Waals surface area contributed by atoms with Gasteiger partial charge in [-0.05, 0) is 6.92 Å². The average Bonchev–Trinajstić information content (AvgIpc) is 1.27. The van der Waals surface area contributed by atoms with E-state index in [2.05, 4.69) is 0 Å². The number of aliphatic carboxylic acids is 1. The topological polar surface area (TPSA) is 92.2 Å². The predicted molar refractivity (Wildman–Crippen MR) is 25.3 cm³/mol. The van der Waals surface area contributed by atoms with Gasteiger partial charge in [0.05, 0.1) is 0 Å². The van der Waals surface area contributed by atoms with Crippen molar-refractivity contribution in [3.8, 4) is 0 Å². The van der Waals surface area contributed by atoms with Gasteiger partial charge in [-0.1, -0.05) is 0 Å². The summed E-state index contributed by atoms with van der Waals surface area (Å²) in [7, 11) is 0. The summed E-state index contributed by atoms with van der Waals surface area (Å²) < 4.78 is 0. The van der Waals surface area contributed by atoms with Crippen LogP contribution in [0.2, 0.25) is 0 Å². The van der Waals surface area contributed by atoms with Gasteiger partial charge in [0.15, 0.2) is 0 Å². The molecule has 0 amide bonds. The number of hydrogen-bond acceptors (Lipinski definition) is 4. The van der Waals surface area contributed by atoms with Gasteiger partial charge in [0.25, 0.3) is 0 Å². The molecule has 48 valence electrons. The maximum atomic E-state index is 9.83. The number of carboxylic acid groups (broad SMARTS) is 1. The SMILES string of the molecule is CC(=O)CC(=O)[O-].N. The van der Waals surface area contributed by atoms with Crippen LogP contribution in [-0.2, 0) is 9.59 Å². The second kappa shape index (κ2) is 4.26. The van der Waals surface area contributed by atoms with Gasteiger partial charge in [0.1, 0.15) is 5.78 Å². The van der Waals surface area contributed by atoms with Crippen LogP contribution in [0.1, 0.15) is 13.3 Å². The summed E-state index contributed by atoms with van der Waals surface area (Å²) in [5.41, 5.74) is 0. The summed E-state index contributed by atoms with van der Waals surface area (Å²) >= 11 is 0. The largest absolute Gasteiger partial charge is 0.550 e. The molecule has 0 aromatic carbocycles. The molecule has 0 heterocycles. The number of rotatable bonds is 2. The van der Waals surface area contributed by atoms with Crippen molar-refractivity contribution in [2.45, 2.75) is 13.3 Å². The van der Waals surface area contributed by atoms with Crippen LogP contribution in [0.15, 0.2) is 0 Å². The van der Waals surface area contributed by atoms with E-state index >= 15 is 0 Å². The third kappa shape index (κ3) is 8.92. The van der Waals surface area contributed by atoms with Gasteiger partial charge < -0.3 is 16.1 Å². The van der Waals surface area contributed by atoms with Crippen LogP contribution >= 0.6 is 0 Å². The number of hydrogen-bond donors (Lipinski definition) is 1. The highest BCUT2D eigenvalue weighted by Crippen LogP contribution is 1.74. The highest BCUT2D eigenvalue weighted by atomic mass is 16.4. The Morgan fingerprint density at radius 1 is 1.50 bits per heavy atom. The smallest absolute Gasteiger partial charge is 0.135 e. The highest BCUT2D eigenvalue weighted by molar-refractivity contribution is 5.92. The standard InChI is InChI=1S/C4H6O3.H3N/c1-3(5)2-4(6)7;/h2H2,1H3,(H,6,7);1H3/p-1. The Labute approximate surface area is 47.1 Å². The molecule has 0 spiro atoms. The maximum absolute atomic E-state index is 9.83. The molecular weight excluding hydrogens is 110 g/mol. The molecule has 3 N–H and O–H groups in total. The third-order valence-corrected chi connectivity index (χ3v) is 0.393. The van der Waals surface area contributed by atoms with Crippen LogP contribution in [-0.4, -0.2) is 11.8 Å². The Morgan fingerprint density at radius 2 is 1.88 bits per heavy atom. The zero-order chi connectivity index (χ0) is 5.86. The van der Waals surface area contributed by atoms with Crippen molar-refractivity contribution in [1.82, 2.24) is 6.15 Å². The molecule has 4 nitrogen and oxygen atoms in total. The lowest BCUT2D eigenvalue weighted by Crippen LogP contribution is -2.24. The average molecular weight is 118 g/mol. The van der Waals surface area contributed by atoms with Crippen LogP contribution < -0.4 is 11.3 Å². The van der Waals surface area contributed by atoms with Crippen molar-refractivity contribution >= 4 is 11.8 Å². The molecule has 8 heavy (non-hydrogen) atoms. The van der Waals surface area contributed by atoms with E-state index in [-0.39, 0.29) is 11.9 Å². The summed E-state index contributed by atoms with van der Waals surface area (Å²) in [6.45, 7) is 1.20. The fraction of sp³-hybridized carbons (Fsp3) is 0.500. The minimum Gasteiger partial charge on any atom is -0.550 e. The van der Waals surface area contributed by atoms with Gasteiger partial charge >= 0.3 is 0 Å². The van der Waals surface area contributed by atoms with E-state index in [1.807, 2.05) is 0 Å². The summed E-state index contributed by atoms with van der Waals surface area (Å²) in [6.07, 6.45) is -0.472. The molecule has 0 rings (SSSR count). The molecule has 0 radical (unpaired) electrons. The van der Waals surface area contributed by atoms with E-state index < -0.39 is 12.4 Å². The van der Waals surface area contributed by atoms with Crippen LogP contribution in [0.3, 0.4) is 0 Å². The molecule has 0 fully saturated rings. The van der Waals surface area contributed by atoms with Crippen molar-refractivity contribution in [3.63, 3.8) is 0 Å². The summed E-state index contributed by atoms with van der Waals surface area (Å²) in [4.78, 5) is 19.3. The first-order chi connectivity index (χ1) is 3.13. The van der Waals surface area contributed by atoms with Crippen molar-refractivity contribution in [2.24, 2.45) is 0 Å². The second-order valence-corrected chi connectivity index (χ2v) is 1.25. The van der Waals surface area contributed by atoms with Crippen LogP contribution in [0.25, 0.3) is 0 Å². The first-order valence-electron chi connectivity index (χ1n) is 1.82. The Hall–Kier alpha value is -0.900. The predicted octanol–water partition coefficient (Wildman–Crippen LogP) is -1.12. The maximum Gasteiger partial charge on any atom is 0.135 e. The van der Waals surface area contributed by atoms with Gasteiger partial charge in [-0.15, -0.1) is 0 Å². The Bertz CT molecular complexity index is 87.5. The molecule has 0 aromatic rings. The van der Waals surface area contributed by atoms with Crippen molar-refractivity contribution in [1.29, 1.82) is 0 Å². The van der Waals surface area contributed by atoms with Gasteiger partial charge in [-0.2, -0.15) is 0 Å². The van der Waals surface area contributed by atoms with E-state index in [9.17, 15) is 14.7 Å². The number of Topliss-reactive ketones (excluding diaryl/α,β-unsaturated/α-hetero) is 1. The van der Waals surface area contributed by atoms with Gasteiger partial charge in [0.2, 0.25) is 0 Å². The molecule has 0 saturated carbocycles. The lowest BCUT2D eigenvalue weighted by molar-refractivity contribution is -0.304. The zero-order valence-electron chi connectivity index (χ0n) is 4.64. The van der Waals surface area contributed by atoms with Crippen molar-refractivity contribution in [3.05, 3.63) is 0 Å². The molecule has 0 bridgehead atoms. The molecule has 0 aliphatic heterocycles. The number of carbonyl (C=O) groups is 2. The summed E-state index contributed by atoms with van der Waals surface area (Å²) in [5.74, 6) is -1.69. The minimum absolute atomic E-state index is 0. The molecule has 0 unspecified atom stereocenters. The summed E-state index contributed by atoms with van der Waals surface area (Å²) in [6, 6.07) is 0.